The summed E-state index contributed by atoms with van der Waals surface area (Å²) < 4.78 is 4.86. The Morgan fingerprint density at radius 3 is 2.67 bits per heavy atom. The Morgan fingerprint density at radius 2 is 2.13 bits per heavy atom. The summed E-state index contributed by atoms with van der Waals surface area (Å²) in [5.74, 6) is 0.467. The van der Waals surface area contributed by atoms with Gasteiger partial charge in [-0.05, 0) is 6.92 Å². The van der Waals surface area contributed by atoms with E-state index in [4.69, 9.17) is 10.5 Å². The summed E-state index contributed by atoms with van der Waals surface area (Å²) in [6, 6.07) is 0.162. The third kappa shape index (κ3) is 3.21. The van der Waals surface area contributed by atoms with E-state index in [9.17, 15) is 5.11 Å². The zero-order valence-corrected chi connectivity index (χ0v) is 9.01. The number of nitrogens with zero attached hydrogens (tertiary/aromatic N) is 4. The highest BCUT2D eigenvalue weighted by atomic mass is 16.5. The minimum absolute atomic E-state index is 0.0919. The van der Waals surface area contributed by atoms with E-state index in [0.717, 1.165) is 0 Å². The Morgan fingerprint density at radius 1 is 1.47 bits per heavy atom. The van der Waals surface area contributed by atoms with Crippen LogP contribution in [0.4, 0.5) is 11.9 Å². The van der Waals surface area contributed by atoms with E-state index in [1.165, 1.54) is 7.11 Å². The number of methoxy groups -OCH3 is 1. The Balaban J connectivity index is 2.88. The van der Waals surface area contributed by atoms with E-state index in [2.05, 4.69) is 15.0 Å². The van der Waals surface area contributed by atoms with Crippen molar-refractivity contribution in [2.45, 2.75) is 13.0 Å². The van der Waals surface area contributed by atoms with Crippen LogP contribution in [0.5, 0.6) is 6.01 Å². The average Bonchev–Trinajstić information content (AvgIpc) is 2.15. The number of hydrogen-bond acceptors (Lipinski definition) is 7. The molecule has 0 aliphatic rings. The van der Waals surface area contributed by atoms with Gasteiger partial charge in [-0.3, -0.25) is 0 Å². The largest absolute Gasteiger partial charge is 0.467 e. The molecule has 0 saturated heterocycles. The second-order valence-corrected chi connectivity index (χ2v) is 3.21. The number of aliphatic hydroxyl groups excluding tert-OH is 1. The van der Waals surface area contributed by atoms with Crippen molar-refractivity contribution in [1.29, 1.82) is 0 Å². The summed E-state index contributed by atoms with van der Waals surface area (Å²) in [5.41, 5.74) is 5.47. The first-order valence-corrected chi connectivity index (χ1v) is 4.47. The van der Waals surface area contributed by atoms with Crippen LogP contribution in [-0.2, 0) is 0 Å². The van der Waals surface area contributed by atoms with Crippen molar-refractivity contribution in [2.75, 3.05) is 31.3 Å². The van der Waals surface area contributed by atoms with Gasteiger partial charge in [-0.15, -0.1) is 0 Å². The van der Waals surface area contributed by atoms with Gasteiger partial charge < -0.3 is 20.5 Å². The summed E-state index contributed by atoms with van der Waals surface area (Å²) in [7, 11) is 3.20. The fraction of sp³-hybridized carbons (Fsp3) is 0.625. The number of likely N-dealkylation sites (N-methyl/N-ethyl adjacent to an activating group) is 1. The predicted octanol–water partition coefficient (Wildman–Crippen LogP) is -0.721. The molecule has 84 valence electrons. The van der Waals surface area contributed by atoms with Crippen molar-refractivity contribution in [3.8, 4) is 6.01 Å². The maximum absolute atomic E-state index is 9.20. The second kappa shape index (κ2) is 4.74. The first-order chi connectivity index (χ1) is 7.02. The van der Waals surface area contributed by atoms with Crippen molar-refractivity contribution in [2.24, 2.45) is 0 Å². The van der Waals surface area contributed by atoms with Crippen LogP contribution in [0, 0.1) is 0 Å². The quantitative estimate of drug-likeness (QED) is 0.681. The maximum atomic E-state index is 9.20. The summed E-state index contributed by atoms with van der Waals surface area (Å²) >= 11 is 0. The van der Waals surface area contributed by atoms with E-state index in [1.54, 1.807) is 18.9 Å². The van der Waals surface area contributed by atoms with Crippen LogP contribution in [0.1, 0.15) is 6.92 Å². The molecule has 7 nitrogen and oxygen atoms in total. The van der Waals surface area contributed by atoms with Gasteiger partial charge in [-0.2, -0.15) is 15.0 Å². The Bertz CT molecular complexity index is 331. The van der Waals surface area contributed by atoms with E-state index >= 15 is 0 Å². The van der Waals surface area contributed by atoms with Crippen LogP contribution in [0.3, 0.4) is 0 Å². The van der Waals surface area contributed by atoms with Gasteiger partial charge in [0.25, 0.3) is 0 Å². The molecule has 0 bridgehead atoms. The topological polar surface area (TPSA) is 97.4 Å². The third-order valence-electron chi connectivity index (χ3n) is 1.68. The number of ether oxygens (including phenoxy) is 1. The fourth-order valence-corrected chi connectivity index (χ4v) is 1.10. The summed E-state index contributed by atoms with van der Waals surface area (Å²) in [6.45, 7) is 2.09. The number of aromatic nitrogens is 3. The molecule has 1 unspecified atom stereocenters. The highest BCUT2D eigenvalue weighted by Crippen LogP contribution is 2.11. The molecule has 0 aliphatic carbocycles. The van der Waals surface area contributed by atoms with Gasteiger partial charge >= 0.3 is 6.01 Å². The number of anilines is 2. The van der Waals surface area contributed by atoms with Gasteiger partial charge in [-0.1, -0.05) is 0 Å². The molecule has 1 heterocycles. The summed E-state index contributed by atoms with van der Waals surface area (Å²) in [5, 5.41) is 9.20. The van der Waals surface area contributed by atoms with Gasteiger partial charge in [0.15, 0.2) is 0 Å². The van der Waals surface area contributed by atoms with E-state index in [-0.39, 0.29) is 12.0 Å². The molecule has 15 heavy (non-hydrogen) atoms. The molecule has 0 radical (unpaired) electrons. The van der Waals surface area contributed by atoms with Crippen molar-refractivity contribution in [3.05, 3.63) is 0 Å². The van der Waals surface area contributed by atoms with Gasteiger partial charge in [-0.25, -0.2) is 0 Å². The molecule has 0 aliphatic heterocycles. The fourth-order valence-electron chi connectivity index (χ4n) is 1.10. The summed E-state index contributed by atoms with van der Waals surface area (Å²) in [4.78, 5) is 13.4. The van der Waals surface area contributed by atoms with Crippen molar-refractivity contribution >= 4 is 11.9 Å². The molecule has 7 heteroatoms. The van der Waals surface area contributed by atoms with Crippen LogP contribution in [-0.4, -0.2) is 46.9 Å². The second-order valence-electron chi connectivity index (χ2n) is 3.21. The maximum Gasteiger partial charge on any atom is 0.322 e. The van der Waals surface area contributed by atoms with E-state index in [1.807, 2.05) is 0 Å². The number of rotatable bonds is 4. The minimum Gasteiger partial charge on any atom is -0.467 e. The van der Waals surface area contributed by atoms with Crippen LogP contribution in [0.2, 0.25) is 0 Å². The Hall–Kier alpha value is -1.63. The number of nitrogen functional groups attached to an aromatic ring is 1. The standard InChI is InChI=1S/C8H15N5O2/c1-5(14)4-13(2)7-10-6(9)11-8(12-7)15-3/h5,14H,4H2,1-3H3,(H2,9,10,11,12). The van der Waals surface area contributed by atoms with E-state index in [0.29, 0.717) is 12.5 Å². The molecular weight excluding hydrogens is 198 g/mol. The average molecular weight is 213 g/mol. The molecular formula is C8H15N5O2. The highest BCUT2D eigenvalue weighted by molar-refractivity contribution is 5.34. The smallest absolute Gasteiger partial charge is 0.322 e. The molecule has 0 aromatic carbocycles. The van der Waals surface area contributed by atoms with Gasteiger partial charge in [0.2, 0.25) is 11.9 Å². The van der Waals surface area contributed by atoms with Gasteiger partial charge in [0.1, 0.15) is 0 Å². The van der Waals surface area contributed by atoms with Gasteiger partial charge in [0, 0.05) is 13.6 Å². The van der Waals surface area contributed by atoms with Gasteiger partial charge in [0.05, 0.1) is 13.2 Å². The third-order valence-corrected chi connectivity index (χ3v) is 1.68. The number of nitrogens with two attached hydrogens (primary N) is 1. The zero-order valence-electron chi connectivity index (χ0n) is 9.01. The van der Waals surface area contributed by atoms with Crippen molar-refractivity contribution in [1.82, 2.24) is 15.0 Å². The Labute approximate surface area is 87.9 Å². The van der Waals surface area contributed by atoms with Crippen LogP contribution in [0.15, 0.2) is 0 Å². The normalized spacial score (nSPS) is 12.3. The number of hydrogen-bond donors (Lipinski definition) is 2. The van der Waals surface area contributed by atoms with E-state index < -0.39 is 6.10 Å². The monoisotopic (exact) mass is 213 g/mol. The molecule has 0 spiro atoms. The number of aliphatic hydroxyl groups is 1. The lowest BCUT2D eigenvalue weighted by molar-refractivity contribution is 0.201. The molecule has 0 fully saturated rings. The lowest BCUT2D eigenvalue weighted by Gasteiger charge is -2.18. The van der Waals surface area contributed by atoms with Crippen LogP contribution >= 0.6 is 0 Å². The molecule has 1 atom stereocenters. The van der Waals surface area contributed by atoms with Crippen LogP contribution in [0.25, 0.3) is 0 Å². The molecule has 1 aromatic heterocycles. The van der Waals surface area contributed by atoms with Crippen molar-refractivity contribution in [3.63, 3.8) is 0 Å². The van der Waals surface area contributed by atoms with Crippen molar-refractivity contribution < 1.29 is 9.84 Å². The predicted molar refractivity (Wildman–Crippen MR) is 55.7 cm³/mol. The molecule has 1 rings (SSSR count). The SMILES string of the molecule is COc1nc(N)nc(N(C)CC(C)O)n1. The molecule has 3 N–H and O–H groups in total. The Kier molecular flexibility index (Phi) is 3.62. The lowest BCUT2D eigenvalue weighted by Crippen LogP contribution is -2.28. The first-order valence-electron chi connectivity index (χ1n) is 4.47. The highest BCUT2D eigenvalue weighted by Gasteiger charge is 2.10. The minimum atomic E-state index is -0.473. The zero-order chi connectivity index (χ0) is 11.4. The molecule has 0 amide bonds. The summed E-state index contributed by atoms with van der Waals surface area (Å²) in [6.07, 6.45) is -0.473. The first kappa shape index (κ1) is 11.4. The van der Waals surface area contributed by atoms with Crippen LogP contribution < -0.4 is 15.4 Å². The molecule has 0 saturated carbocycles. The molecule has 1 aromatic rings. The lowest BCUT2D eigenvalue weighted by atomic mass is 10.4.